The third kappa shape index (κ3) is 4.83. The first-order chi connectivity index (χ1) is 7.18. The molecule has 0 aromatic carbocycles. The van der Waals surface area contributed by atoms with Crippen LogP contribution in [0.1, 0.15) is 0 Å². The fourth-order valence-corrected chi connectivity index (χ4v) is 0.911. The lowest BCUT2D eigenvalue weighted by molar-refractivity contribution is 0.453. The summed E-state index contributed by atoms with van der Waals surface area (Å²) in [4.78, 5) is 7.03. The topological polar surface area (TPSA) is 66.2 Å². The Labute approximate surface area is 91.8 Å². The lowest BCUT2D eigenvalue weighted by Crippen LogP contribution is -1.71. The van der Waals surface area contributed by atoms with E-state index < -0.39 is 0 Å². The van der Waals surface area contributed by atoms with Gasteiger partial charge in [0.2, 0.25) is 11.8 Å². The van der Waals surface area contributed by atoms with Crippen LogP contribution in [0.3, 0.4) is 0 Å². The summed E-state index contributed by atoms with van der Waals surface area (Å²) in [6.07, 6.45) is 1.54. The summed E-state index contributed by atoms with van der Waals surface area (Å²) in [5.74, 6) is 0.0278. The minimum atomic E-state index is -0.0440. The van der Waals surface area contributed by atoms with Gasteiger partial charge in [0, 0.05) is 18.3 Å². The van der Waals surface area contributed by atoms with Crippen LogP contribution in [-0.4, -0.2) is 20.2 Å². The Morgan fingerprint density at radius 2 is 1.67 bits per heavy atom. The maximum Gasteiger partial charge on any atom is 0.212 e. The number of hydrogen-bond acceptors (Lipinski definition) is 4. The average molecular weight is 225 g/mol. The first kappa shape index (κ1) is 11.3. The fraction of sp³-hybridized carbons (Fsp3) is 0. The van der Waals surface area contributed by atoms with Crippen LogP contribution in [0.25, 0.3) is 0 Å². The summed E-state index contributed by atoms with van der Waals surface area (Å²) in [6.45, 7) is 0. The molecule has 0 amide bonds. The van der Waals surface area contributed by atoms with E-state index in [-0.39, 0.29) is 11.8 Å². The number of halogens is 1. The monoisotopic (exact) mass is 224 g/mol. The van der Waals surface area contributed by atoms with Gasteiger partial charge in [0.15, 0.2) is 0 Å². The van der Waals surface area contributed by atoms with E-state index in [4.69, 9.17) is 21.8 Å². The van der Waals surface area contributed by atoms with Crippen molar-refractivity contribution in [3.05, 3.63) is 47.7 Å². The van der Waals surface area contributed by atoms with Crippen molar-refractivity contribution in [1.82, 2.24) is 9.97 Å². The molecule has 2 aromatic heterocycles. The van der Waals surface area contributed by atoms with Gasteiger partial charge in [0.1, 0.15) is 5.15 Å². The van der Waals surface area contributed by atoms with Crippen molar-refractivity contribution in [3.63, 3.8) is 0 Å². The summed E-state index contributed by atoms with van der Waals surface area (Å²) in [6, 6.07) is 9.69. The molecule has 2 aromatic rings. The molecule has 2 heterocycles. The minimum absolute atomic E-state index is 0.0440. The zero-order chi connectivity index (χ0) is 11.1. The van der Waals surface area contributed by atoms with E-state index in [0.29, 0.717) is 5.15 Å². The highest BCUT2D eigenvalue weighted by Gasteiger charge is 1.86. The maximum atomic E-state index is 8.62. The van der Waals surface area contributed by atoms with Crippen molar-refractivity contribution in [3.8, 4) is 11.8 Å². The van der Waals surface area contributed by atoms with Crippen molar-refractivity contribution < 1.29 is 10.2 Å². The first-order valence-electron chi connectivity index (χ1n) is 4.10. The molecule has 5 heteroatoms. The minimum Gasteiger partial charge on any atom is -0.493 e. The number of aromatic hydroxyl groups is 2. The van der Waals surface area contributed by atoms with Crippen LogP contribution in [0.4, 0.5) is 0 Å². The van der Waals surface area contributed by atoms with E-state index in [2.05, 4.69) is 9.97 Å². The quantitative estimate of drug-likeness (QED) is 0.674. The Kier molecular flexibility index (Phi) is 4.37. The smallest absolute Gasteiger partial charge is 0.212 e. The van der Waals surface area contributed by atoms with E-state index in [1.807, 2.05) is 0 Å². The standard InChI is InChI=1S/C5H4ClNO.C5H5NO/c6-4-2-1-3-5(8)7-4;7-5-3-1-2-4-6-5/h1-3H,(H,7,8);1-4H,(H,6,7). The van der Waals surface area contributed by atoms with Crippen LogP contribution in [0.2, 0.25) is 5.15 Å². The first-order valence-corrected chi connectivity index (χ1v) is 4.48. The van der Waals surface area contributed by atoms with E-state index in [1.54, 1.807) is 24.3 Å². The molecule has 0 saturated heterocycles. The normalized spacial score (nSPS) is 8.87. The van der Waals surface area contributed by atoms with Crippen molar-refractivity contribution in [2.45, 2.75) is 0 Å². The van der Waals surface area contributed by atoms with Gasteiger partial charge >= 0.3 is 0 Å². The molecular formula is C10H9ClN2O2. The van der Waals surface area contributed by atoms with Crippen LogP contribution in [0.15, 0.2) is 42.6 Å². The number of nitrogens with zero attached hydrogens (tertiary/aromatic N) is 2. The van der Waals surface area contributed by atoms with Gasteiger partial charge < -0.3 is 10.2 Å². The highest BCUT2D eigenvalue weighted by molar-refractivity contribution is 6.29. The Hall–Kier alpha value is -1.81. The summed E-state index contributed by atoms with van der Waals surface area (Å²) >= 11 is 5.37. The van der Waals surface area contributed by atoms with Crippen molar-refractivity contribution in [2.75, 3.05) is 0 Å². The summed E-state index contributed by atoms with van der Waals surface area (Å²) in [5.41, 5.74) is 0. The van der Waals surface area contributed by atoms with Crippen molar-refractivity contribution >= 4 is 11.6 Å². The molecule has 4 nitrogen and oxygen atoms in total. The second kappa shape index (κ2) is 5.82. The molecule has 0 radical (unpaired) electrons. The molecule has 0 saturated carbocycles. The predicted octanol–water partition coefficient (Wildman–Crippen LogP) is 2.23. The Balaban J connectivity index is 0.000000151. The van der Waals surface area contributed by atoms with Crippen molar-refractivity contribution in [2.24, 2.45) is 0 Å². The zero-order valence-corrected chi connectivity index (χ0v) is 8.46. The van der Waals surface area contributed by atoms with Gasteiger partial charge in [-0.2, -0.15) is 0 Å². The lowest BCUT2D eigenvalue weighted by atomic mass is 10.5. The molecular weight excluding hydrogens is 216 g/mol. The van der Waals surface area contributed by atoms with Crippen LogP contribution in [0, 0.1) is 0 Å². The average Bonchev–Trinajstić information content (AvgIpc) is 2.19. The zero-order valence-electron chi connectivity index (χ0n) is 7.71. The second-order valence-corrected chi connectivity index (χ2v) is 2.89. The van der Waals surface area contributed by atoms with Gasteiger partial charge in [0.25, 0.3) is 0 Å². The molecule has 15 heavy (non-hydrogen) atoms. The van der Waals surface area contributed by atoms with Crippen molar-refractivity contribution in [1.29, 1.82) is 0 Å². The van der Waals surface area contributed by atoms with E-state index in [1.165, 1.54) is 18.3 Å². The molecule has 2 rings (SSSR count). The Morgan fingerprint density at radius 1 is 0.933 bits per heavy atom. The number of hydrogen-bond donors (Lipinski definition) is 2. The molecule has 0 atom stereocenters. The molecule has 2 N–H and O–H groups in total. The third-order valence-electron chi connectivity index (χ3n) is 1.35. The lowest BCUT2D eigenvalue weighted by Gasteiger charge is -1.87. The molecule has 0 aliphatic carbocycles. The van der Waals surface area contributed by atoms with E-state index in [9.17, 15) is 0 Å². The largest absolute Gasteiger partial charge is 0.493 e. The molecule has 0 unspecified atom stereocenters. The van der Waals surface area contributed by atoms with E-state index >= 15 is 0 Å². The maximum absolute atomic E-state index is 8.62. The van der Waals surface area contributed by atoms with Crippen LogP contribution in [-0.2, 0) is 0 Å². The number of aromatic nitrogens is 2. The van der Waals surface area contributed by atoms with Crippen LogP contribution >= 0.6 is 11.6 Å². The molecule has 0 fully saturated rings. The molecule has 0 spiro atoms. The van der Waals surface area contributed by atoms with Gasteiger partial charge in [-0.3, -0.25) is 0 Å². The Bertz CT molecular complexity index is 392. The van der Waals surface area contributed by atoms with E-state index in [0.717, 1.165) is 0 Å². The highest BCUT2D eigenvalue weighted by Crippen LogP contribution is 2.08. The number of rotatable bonds is 0. The number of pyridine rings is 2. The van der Waals surface area contributed by atoms with Gasteiger partial charge in [-0.05, 0) is 12.1 Å². The predicted molar refractivity (Wildman–Crippen MR) is 56.8 cm³/mol. The molecule has 78 valence electrons. The Morgan fingerprint density at radius 3 is 2.00 bits per heavy atom. The van der Waals surface area contributed by atoms with Gasteiger partial charge in [0.05, 0.1) is 0 Å². The highest BCUT2D eigenvalue weighted by atomic mass is 35.5. The summed E-state index contributed by atoms with van der Waals surface area (Å²) in [5, 5.41) is 17.4. The summed E-state index contributed by atoms with van der Waals surface area (Å²) in [7, 11) is 0. The molecule has 0 bridgehead atoms. The molecule has 0 aliphatic heterocycles. The van der Waals surface area contributed by atoms with Gasteiger partial charge in [-0.1, -0.05) is 23.7 Å². The van der Waals surface area contributed by atoms with Crippen LogP contribution < -0.4 is 0 Å². The van der Waals surface area contributed by atoms with Gasteiger partial charge in [-0.15, -0.1) is 0 Å². The molecule has 0 aliphatic rings. The third-order valence-corrected chi connectivity index (χ3v) is 1.56. The van der Waals surface area contributed by atoms with Crippen LogP contribution in [0.5, 0.6) is 11.8 Å². The second-order valence-electron chi connectivity index (χ2n) is 2.51. The van der Waals surface area contributed by atoms with Gasteiger partial charge in [-0.25, -0.2) is 9.97 Å². The fourth-order valence-electron chi connectivity index (χ4n) is 0.751. The SMILES string of the molecule is Oc1cccc(Cl)n1.Oc1ccccn1. The summed E-state index contributed by atoms with van der Waals surface area (Å²) < 4.78 is 0.